The van der Waals surface area contributed by atoms with Gasteiger partial charge in [0.1, 0.15) is 0 Å². The average Bonchev–Trinajstić information content (AvgIpc) is 2.43. The fourth-order valence-electron chi connectivity index (χ4n) is 1.19. The molecule has 0 aliphatic heterocycles. The molecule has 20 heavy (non-hydrogen) atoms. The lowest BCUT2D eigenvalue weighted by atomic mass is 10.2. The molecule has 0 unspecified atom stereocenters. The van der Waals surface area contributed by atoms with E-state index in [-0.39, 0.29) is 6.15 Å². The Bertz CT molecular complexity index is 516. The van der Waals surface area contributed by atoms with Crippen molar-refractivity contribution in [2.24, 2.45) is 5.16 Å². The predicted octanol–water partition coefficient (Wildman–Crippen LogP) is 5.61. The molecule has 0 aliphatic rings. The van der Waals surface area contributed by atoms with Crippen molar-refractivity contribution in [3.8, 4) is 0 Å². The number of halogens is 3. The van der Waals surface area contributed by atoms with Crippen molar-refractivity contribution in [2.75, 3.05) is 0 Å². The van der Waals surface area contributed by atoms with E-state index < -0.39 is 0 Å². The summed E-state index contributed by atoms with van der Waals surface area (Å²) in [5.41, 5.74) is 2.03. The van der Waals surface area contributed by atoms with Crippen LogP contribution in [0, 0.1) is 0 Å². The van der Waals surface area contributed by atoms with E-state index in [1.807, 2.05) is 48.5 Å². The second-order valence-electron chi connectivity index (χ2n) is 3.56. The highest BCUT2D eigenvalue weighted by Gasteiger charge is 1.87. The van der Waals surface area contributed by atoms with E-state index in [4.69, 9.17) is 16.8 Å². The third-order valence-corrected chi connectivity index (χ3v) is 3.51. The molecule has 0 radical (unpaired) electrons. The Kier molecular flexibility index (Phi) is 10.4. The molecule has 0 heterocycles. The van der Waals surface area contributed by atoms with Gasteiger partial charge in [0.05, 0.1) is 6.21 Å². The maximum absolute atomic E-state index is 8.15. The molecule has 2 rings (SSSR count). The van der Waals surface area contributed by atoms with Gasteiger partial charge in [0.2, 0.25) is 0 Å². The van der Waals surface area contributed by atoms with Gasteiger partial charge in [-0.1, -0.05) is 61.3 Å². The lowest BCUT2D eigenvalue weighted by Gasteiger charge is -1.92. The van der Waals surface area contributed by atoms with Gasteiger partial charge in [-0.2, -0.15) is 0 Å². The summed E-state index contributed by atoms with van der Waals surface area (Å²) in [6, 6.07) is 15.4. The fourth-order valence-corrected chi connectivity index (χ4v) is 1.90. The predicted molar refractivity (Wildman–Crippen MR) is 92.2 cm³/mol. The summed E-state index contributed by atoms with van der Waals surface area (Å²) in [4.78, 5) is 0. The second kappa shape index (κ2) is 10.9. The topological polar surface area (TPSA) is 67.6 Å². The van der Waals surface area contributed by atoms with Crippen LogP contribution in [-0.4, -0.2) is 11.4 Å². The van der Waals surface area contributed by atoms with E-state index in [0.29, 0.717) is 5.88 Å². The number of hydrogen-bond donors (Lipinski definition) is 2. The molecule has 4 N–H and O–H groups in total. The molecule has 2 aromatic rings. The van der Waals surface area contributed by atoms with Crippen LogP contribution >= 0.6 is 43.5 Å². The number of hydrogen-bond acceptors (Lipinski definition) is 3. The van der Waals surface area contributed by atoms with E-state index >= 15 is 0 Å². The molecule has 0 amide bonds. The van der Waals surface area contributed by atoms with Crippen LogP contribution in [-0.2, 0) is 5.88 Å². The third-order valence-electron chi connectivity index (χ3n) is 2.14. The summed E-state index contributed by atoms with van der Waals surface area (Å²) in [6.45, 7) is 0. The van der Waals surface area contributed by atoms with Gasteiger partial charge in [0.25, 0.3) is 0 Å². The van der Waals surface area contributed by atoms with Crippen molar-refractivity contribution in [2.45, 2.75) is 5.88 Å². The highest BCUT2D eigenvalue weighted by molar-refractivity contribution is 9.10. The normalized spacial score (nSPS) is 9.55. The van der Waals surface area contributed by atoms with Gasteiger partial charge in [-0.15, -0.1) is 11.6 Å². The van der Waals surface area contributed by atoms with Gasteiger partial charge in [0.15, 0.2) is 0 Å². The van der Waals surface area contributed by atoms with Crippen molar-refractivity contribution in [3.05, 3.63) is 68.6 Å². The summed E-state index contributed by atoms with van der Waals surface area (Å²) in [6.07, 6.45) is 1.38. The first-order chi connectivity index (χ1) is 9.15. The maximum atomic E-state index is 8.15. The smallest absolute Gasteiger partial charge is 0.0733 e. The minimum Gasteiger partial charge on any atom is -0.411 e. The standard InChI is InChI=1S/C7H6BrCl.C7H6BrNO.H3N/c8-7-3-1-6(5-9)2-4-7;8-7-3-1-6(2-4-7)5-9-10;/h1-4H,5H2;1-5,10H;1H3/b;9-5+;. The molecule has 0 fully saturated rings. The molecule has 0 aromatic heterocycles. The van der Waals surface area contributed by atoms with E-state index in [1.165, 1.54) is 6.21 Å². The Morgan fingerprint density at radius 3 is 1.80 bits per heavy atom. The monoisotopic (exact) mass is 420 g/mol. The van der Waals surface area contributed by atoms with Crippen molar-refractivity contribution in [1.29, 1.82) is 0 Å². The van der Waals surface area contributed by atoms with Gasteiger partial charge in [0, 0.05) is 14.8 Å². The van der Waals surface area contributed by atoms with E-state index in [1.54, 1.807) is 0 Å². The van der Waals surface area contributed by atoms with Crippen LogP contribution in [0.2, 0.25) is 0 Å². The second-order valence-corrected chi connectivity index (χ2v) is 5.65. The van der Waals surface area contributed by atoms with Crippen LogP contribution < -0.4 is 6.15 Å². The summed E-state index contributed by atoms with van der Waals surface area (Å²) in [5.74, 6) is 0.591. The number of benzene rings is 2. The largest absolute Gasteiger partial charge is 0.411 e. The summed E-state index contributed by atoms with van der Waals surface area (Å²) >= 11 is 12.2. The number of rotatable bonds is 2. The van der Waals surface area contributed by atoms with E-state index in [2.05, 4.69) is 37.0 Å². The lowest BCUT2D eigenvalue weighted by molar-refractivity contribution is 0.322. The van der Waals surface area contributed by atoms with Gasteiger partial charge < -0.3 is 11.4 Å². The first-order valence-corrected chi connectivity index (χ1v) is 7.51. The lowest BCUT2D eigenvalue weighted by Crippen LogP contribution is -1.77. The molecule has 2 aromatic carbocycles. The quantitative estimate of drug-likeness (QED) is 0.286. The van der Waals surface area contributed by atoms with Crippen molar-refractivity contribution in [3.63, 3.8) is 0 Å². The van der Waals surface area contributed by atoms with Crippen LogP contribution in [0.25, 0.3) is 0 Å². The zero-order chi connectivity index (χ0) is 14.1. The molecule has 0 saturated carbocycles. The van der Waals surface area contributed by atoms with Crippen molar-refractivity contribution in [1.82, 2.24) is 6.15 Å². The Morgan fingerprint density at radius 2 is 1.40 bits per heavy atom. The van der Waals surface area contributed by atoms with Crippen LogP contribution in [0.4, 0.5) is 0 Å². The van der Waals surface area contributed by atoms with Crippen LogP contribution in [0.1, 0.15) is 11.1 Å². The van der Waals surface area contributed by atoms with Gasteiger partial charge in [-0.05, 0) is 35.4 Å². The molecule has 0 atom stereocenters. The zero-order valence-electron chi connectivity index (χ0n) is 10.6. The third kappa shape index (κ3) is 7.65. The molecule has 6 heteroatoms. The van der Waals surface area contributed by atoms with Crippen LogP contribution in [0.3, 0.4) is 0 Å². The molecular weight excluding hydrogens is 407 g/mol. The highest BCUT2D eigenvalue weighted by Crippen LogP contribution is 2.11. The molecule has 0 spiro atoms. The molecular formula is C14H15Br2ClN2O. The summed E-state index contributed by atoms with van der Waals surface area (Å²) < 4.78 is 2.11. The number of alkyl halides is 1. The molecule has 0 bridgehead atoms. The maximum Gasteiger partial charge on any atom is 0.0733 e. The van der Waals surface area contributed by atoms with Crippen LogP contribution in [0.5, 0.6) is 0 Å². The summed E-state index contributed by atoms with van der Waals surface area (Å²) in [7, 11) is 0. The Labute approximate surface area is 140 Å². The Hall–Kier alpha value is -0.880. The molecule has 0 saturated heterocycles. The van der Waals surface area contributed by atoms with E-state index in [9.17, 15) is 0 Å². The molecule has 108 valence electrons. The van der Waals surface area contributed by atoms with E-state index in [0.717, 1.165) is 20.1 Å². The molecule has 3 nitrogen and oxygen atoms in total. The zero-order valence-corrected chi connectivity index (χ0v) is 14.6. The highest BCUT2D eigenvalue weighted by atomic mass is 79.9. The van der Waals surface area contributed by atoms with Crippen LogP contribution in [0.15, 0.2) is 62.6 Å². The summed E-state index contributed by atoms with van der Waals surface area (Å²) in [5, 5.41) is 11.0. The SMILES string of the molecule is ClCc1ccc(Br)cc1.N.O/N=C/c1ccc(Br)cc1. The van der Waals surface area contributed by atoms with Crippen molar-refractivity contribution < 1.29 is 5.21 Å². The van der Waals surface area contributed by atoms with Gasteiger partial charge >= 0.3 is 0 Å². The minimum atomic E-state index is 0. The molecule has 0 aliphatic carbocycles. The van der Waals surface area contributed by atoms with Gasteiger partial charge in [-0.25, -0.2) is 0 Å². The van der Waals surface area contributed by atoms with Crippen molar-refractivity contribution >= 4 is 49.7 Å². The Balaban J connectivity index is 0.000000345. The first-order valence-electron chi connectivity index (χ1n) is 5.39. The first kappa shape index (κ1) is 19.1. The fraction of sp³-hybridized carbons (Fsp3) is 0.0714. The Morgan fingerprint density at radius 1 is 0.950 bits per heavy atom. The minimum absolute atomic E-state index is 0. The van der Waals surface area contributed by atoms with Gasteiger partial charge in [-0.3, -0.25) is 0 Å². The number of nitrogens with zero attached hydrogens (tertiary/aromatic N) is 1. The average molecular weight is 423 g/mol. The number of oxime groups is 1.